The van der Waals surface area contributed by atoms with Crippen LogP contribution in [0.4, 0.5) is 0 Å². The lowest BCUT2D eigenvalue weighted by Gasteiger charge is -2.11. The SMILES string of the molecule is C.C.COc1cc(C)c(C)n(C)c1=O.COc1cc(C)c(C)n(C)c1=S.Cc1cc(O)c(=S)n(C)c1C.Cc1cc(Oc2nc3ccccc3o2)c(=S)n(C)c1C.Clc1nc2ccccc2o1. The van der Waals surface area contributed by atoms with Gasteiger partial charge < -0.3 is 46.4 Å². The van der Waals surface area contributed by atoms with Gasteiger partial charge in [0.2, 0.25) is 0 Å². The summed E-state index contributed by atoms with van der Waals surface area (Å²) in [6.45, 7) is 15.9. The van der Waals surface area contributed by atoms with Crippen molar-refractivity contribution in [1.29, 1.82) is 0 Å². The average Bonchev–Trinajstić information content (AvgIpc) is 3.89. The number of halogens is 1. The summed E-state index contributed by atoms with van der Waals surface area (Å²) < 4.78 is 35.5. The molecule has 8 aromatic rings. The molecule has 6 heterocycles. The van der Waals surface area contributed by atoms with Gasteiger partial charge in [-0.2, -0.15) is 9.97 Å². The molecule has 6 aromatic heterocycles. The van der Waals surface area contributed by atoms with E-state index in [1.165, 1.54) is 18.4 Å². The number of rotatable bonds is 4. The average molecular weight is 992 g/mol. The van der Waals surface area contributed by atoms with Gasteiger partial charge in [-0.25, -0.2) is 0 Å². The van der Waals surface area contributed by atoms with E-state index in [4.69, 9.17) is 71.3 Å². The number of aromatic nitrogens is 6. The number of methoxy groups -OCH3 is 2. The van der Waals surface area contributed by atoms with Crippen molar-refractivity contribution in [1.82, 2.24) is 28.2 Å². The van der Waals surface area contributed by atoms with Crippen LogP contribution in [0.15, 0.2) is 86.4 Å². The number of aryl methyl sites for hydroxylation is 4. The number of nitrogens with zero attached hydrogens (tertiary/aromatic N) is 6. The Kier molecular flexibility index (Phi) is 21.4. The van der Waals surface area contributed by atoms with Crippen LogP contribution >= 0.6 is 48.3 Å². The Morgan fingerprint density at radius 2 is 0.940 bits per heavy atom. The lowest BCUT2D eigenvalue weighted by atomic mass is 10.2. The molecule has 0 unspecified atom stereocenters. The predicted octanol–water partition coefficient (Wildman–Crippen LogP) is 13.5. The third-order valence-corrected chi connectivity index (χ3v) is 12.5. The lowest BCUT2D eigenvalue weighted by molar-refractivity contribution is 0.339. The zero-order chi connectivity index (χ0) is 48.4. The van der Waals surface area contributed by atoms with Crippen molar-refractivity contribution < 1.29 is 28.2 Å². The number of hydrogen-bond acceptors (Lipinski definition) is 12. The molecule has 0 aliphatic rings. The fraction of sp³-hybridized carbons (Fsp3) is 0.320. The molecule has 0 spiro atoms. The Bertz CT molecular complexity index is 3080. The van der Waals surface area contributed by atoms with Gasteiger partial charge in [0.05, 0.1) is 14.2 Å². The third-order valence-electron chi connectivity index (χ3n) is 10.9. The van der Waals surface area contributed by atoms with E-state index in [2.05, 4.69) is 9.97 Å². The number of pyridine rings is 4. The van der Waals surface area contributed by atoms with Crippen molar-refractivity contribution in [3.63, 3.8) is 0 Å². The predicted molar refractivity (Wildman–Crippen MR) is 280 cm³/mol. The first-order valence-electron chi connectivity index (χ1n) is 20.1. The minimum absolute atomic E-state index is 0. The first kappa shape index (κ1) is 57.1. The van der Waals surface area contributed by atoms with E-state index in [0.29, 0.717) is 26.4 Å². The van der Waals surface area contributed by atoms with Gasteiger partial charge in [-0.15, -0.1) is 0 Å². The zero-order valence-corrected chi connectivity index (χ0v) is 42.3. The molecule has 0 saturated heterocycles. The van der Waals surface area contributed by atoms with Gasteiger partial charge in [-0.05, 0) is 138 Å². The summed E-state index contributed by atoms with van der Waals surface area (Å²) in [7, 11) is 10.6. The van der Waals surface area contributed by atoms with Crippen LogP contribution < -0.4 is 19.8 Å². The van der Waals surface area contributed by atoms with Gasteiger partial charge in [-0.1, -0.05) is 75.8 Å². The summed E-state index contributed by atoms with van der Waals surface area (Å²) in [5.41, 5.74) is 11.7. The van der Waals surface area contributed by atoms with Gasteiger partial charge in [0, 0.05) is 51.0 Å². The largest absolute Gasteiger partial charge is 0.505 e. The second-order valence-electron chi connectivity index (χ2n) is 15.0. The Labute approximate surface area is 413 Å². The highest BCUT2D eigenvalue weighted by Gasteiger charge is 2.12. The van der Waals surface area contributed by atoms with Crippen molar-refractivity contribution >= 4 is 70.5 Å². The van der Waals surface area contributed by atoms with Crippen LogP contribution in [0.1, 0.15) is 59.9 Å². The van der Waals surface area contributed by atoms with E-state index in [1.807, 2.05) is 146 Å². The minimum atomic E-state index is -0.0828. The molecule has 0 bridgehead atoms. The fourth-order valence-electron chi connectivity index (χ4n) is 5.99. The maximum absolute atomic E-state index is 11.4. The smallest absolute Gasteiger partial charge is 0.400 e. The number of ether oxygens (including phenoxy) is 3. The van der Waals surface area contributed by atoms with Crippen LogP contribution in [0.5, 0.6) is 29.1 Å². The van der Waals surface area contributed by atoms with E-state index in [1.54, 1.807) is 35.4 Å². The van der Waals surface area contributed by atoms with E-state index in [9.17, 15) is 9.90 Å². The maximum atomic E-state index is 11.4. The van der Waals surface area contributed by atoms with Gasteiger partial charge in [0.15, 0.2) is 34.2 Å². The van der Waals surface area contributed by atoms with Crippen LogP contribution in [-0.4, -0.2) is 47.6 Å². The minimum Gasteiger partial charge on any atom is -0.505 e. The Morgan fingerprint density at radius 3 is 1.42 bits per heavy atom. The monoisotopic (exact) mass is 990 g/mol. The highest BCUT2D eigenvalue weighted by molar-refractivity contribution is 7.71. The normalized spacial score (nSPS) is 10.1. The van der Waals surface area contributed by atoms with Crippen LogP contribution in [0, 0.1) is 69.3 Å². The van der Waals surface area contributed by atoms with Gasteiger partial charge in [0.25, 0.3) is 10.9 Å². The molecular weight excluding hydrogens is 928 g/mol. The fourth-order valence-corrected chi connectivity index (χ4v) is 6.88. The van der Waals surface area contributed by atoms with Crippen LogP contribution in [0.25, 0.3) is 22.2 Å². The van der Waals surface area contributed by atoms with E-state index in [0.717, 1.165) is 60.8 Å². The summed E-state index contributed by atoms with van der Waals surface area (Å²) in [4.78, 5) is 19.6. The first-order chi connectivity index (χ1) is 30.6. The number of para-hydroxylation sites is 4. The molecule has 0 amide bonds. The number of aromatic hydroxyl groups is 1. The van der Waals surface area contributed by atoms with Gasteiger partial charge in [0.1, 0.15) is 25.0 Å². The Balaban J connectivity index is 0.000000293. The molecule has 0 saturated carbocycles. The molecular formula is C50H63ClN6O7S3. The lowest BCUT2D eigenvalue weighted by Crippen LogP contribution is -2.21. The van der Waals surface area contributed by atoms with Crippen LogP contribution in [0.2, 0.25) is 5.35 Å². The summed E-state index contributed by atoms with van der Waals surface area (Å²) in [5.74, 6) is 1.94. The first-order valence-corrected chi connectivity index (χ1v) is 21.7. The molecule has 0 aliphatic heterocycles. The summed E-state index contributed by atoms with van der Waals surface area (Å²) in [5, 5.41) is 9.48. The van der Waals surface area contributed by atoms with Crippen molar-refractivity contribution in [2.75, 3.05) is 14.2 Å². The Hall–Kier alpha value is -6.07. The molecule has 0 atom stereocenters. The second kappa shape index (κ2) is 25.2. The highest BCUT2D eigenvalue weighted by Crippen LogP contribution is 2.28. The molecule has 0 fully saturated rings. The molecule has 67 heavy (non-hydrogen) atoms. The second-order valence-corrected chi connectivity index (χ2v) is 16.5. The number of oxazole rings is 2. The van der Waals surface area contributed by atoms with Gasteiger partial charge in [-0.3, -0.25) is 4.79 Å². The molecule has 360 valence electrons. The van der Waals surface area contributed by atoms with Crippen molar-refractivity contribution in [2.45, 2.75) is 70.2 Å². The number of hydrogen-bond donors (Lipinski definition) is 1. The van der Waals surface area contributed by atoms with Gasteiger partial charge >= 0.3 is 6.08 Å². The molecule has 1 N–H and O–H groups in total. The summed E-state index contributed by atoms with van der Waals surface area (Å²) >= 11 is 21.0. The molecule has 13 nitrogen and oxygen atoms in total. The van der Waals surface area contributed by atoms with Crippen molar-refractivity contribution in [3.05, 3.63) is 147 Å². The standard InChI is InChI=1S/C15H14N2O2S.C9H13NO2.C9H13NOS.C8H11NOS.C7H4ClNO.2CH4/c1-9-8-13(14(20)17(3)10(9)2)19-15-16-11-6-4-5-7-12(11)18-15;1-6-5-8(12-4)9(11)10(3)7(6)2;1-6-5-8(11-4)9(12)10(3)7(6)2;1-5-4-7(10)8(11)9(3)6(5)2;8-7-9-5-3-1-2-4-6(5)10-7;;/h4-8H,1-3H3;2*5H,1-4H3;4,10H,1-3H3;1-4H;2*1H4. The van der Waals surface area contributed by atoms with Crippen molar-refractivity contribution in [2.24, 2.45) is 28.2 Å². The third kappa shape index (κ3) is 14.0. The summed E-state index contributed by atoms with van der Waals surface area (Å²) in [6.07, 6.45) is 0.209. The molecule has 0 radical (unpaired) electrons. The maximum Gasteiger partial charge on any atom is 0.400 e. The highest BCUT2D eigenvalue weighted by atomic mass is 35.5. The van der Waals surface area contributed by atoms with Crippen LogP contribution in [0.3, 0.4) is 0 Å². The molecule has 0 aliphatic carbocycles. The Morgan fingerprint density at radius 1 is 0.552 bits per heavy atom. The zero-order valence-electron chi connectivity index (χ0n) is 39.1. The topological polar surface area (TPSA) is 137 Å². The van der Waals surface area contributed by atoms with E-state index >= 15 is 0 Å². The van der Waals surface area contributed by atoms with Crippen molar-refractivity contribution in [3.8, 4) is 29.1 Å². The number of fused-ring (bicyclic) bond motifs is 2. The molecule has 2 aromatic carbocycles. The van der Waals surface area contributed by atoms with Crippen LogP contribution in [-0.2, 0) is 28.2 Å². The number of benzene rings is 2. The van der Waals surface area contributed by atoms with E-state index < -0.39 is 0 Å². The molecule has 17 heteroatoms. The molecule has 8 rings (SSSR count). The van der Waals surface area contributed by atoms with E-state index in [-0.39, 0.29) is 37.6 Å². The summed E-state index contributed by atoms with van der Waals surface area (Å²) in [6, 6.07) is 22.3. The quantitative estimate of drug-likeness (QED) is 0.168.